The molecule has 0 radical (unpaired) electrons. The Morgan fingerprint density at radius 3 is 2.93 bits per heavy atom. The van der Waals surface area contributed by atoms with Gasteiger partial charge in [0.05, 0.1) is 0 Å². The molecule has 2 N–H and O–H groups in total. The molecule has 0 amide bonds. The van der Waals surface area contributed by atoms with Crippen LogP contribution in [-0.4, -0.2) is 13.2 Å². The van der Waals surface area contributed by atoms with Crippen molar-refractivity contribution >= 4 is 11.6 Å². The predicted molar refractivity (Wildman–Crippen MR) is 59.9 cm³/mol. The first-order chi connectivity index (χ1) is 6.74. The normalized spacial score (nSPS) is 10.8. The Labute approximate surface area is 89.3 Å². The fourth-order valence-corrected chi connectivity index (χ4v) is 1.19. The maximum Gasteiger partial charge on any atom is 0.124 e. The summed E-state index contributed by atoms with van der Waals surface area (Å²) >= 11 is 5.84. The number of nitrogens with two attached hydrogens (primary N) is 1. The van der Waals surface area contributed by atoms with E-state index in [9.17, 15) is 0 Å². The number of rotatable bonds is 4. The lowest BCUT2D eigenvalue weighted by atomic mass is 10.2. The fourth-order valence-electron chi connectivity index (χ4n) is 1.03. The molecule has 2 nitrogen and oxygen atoms in total. The molecule has 3 heteroatoms. The van der Waals surface area contributed by atoms with Gasteiger partial charge in [0.15, 0.2) is 0 Å². The van der Waals surface area contributed by atoms with Gasteiger partial charge in [0.1, 0.15) is 12.4 Å². The highest BCUT2D eigenvalue weighted by Gasteiger charge is 1.98. The second kappa shape index (κ2) is 5.68. The standard InChI is InChI=1S/C11H14ClNO/c1-9-4-5-10(12)8-11(9)14-7-3-2-6-13/h2-5,8H,6-7,13H2,1H3. The van der Waals surface area contributed by atoms with E-state index >= 15 is 0 Å². The summed E-state index contributed by atoms with van der Waals surface area (Å²) in [7, 11) is 0. The smallest absolute Gasteiger partial charge is 0.124 e. The first-order valence-electron chi connectivity index (χ1n) is 4.48. The van der Waals surface area contributed by atoms with E-state index in [0.717, 1.165) is 11.3 Å². The first-order valence-corrected chi connectivity index (χ1v) is 4.86. The van der Waals surface area contributed by atoms with Gasteiger partial charge in [0.2, 0.25) is 0 Å². The Hall–Kier alpha value is -0.990. The van der Waals surface area contributed by atoms with Crippen LogP contribution < -0.4 is 10.5 Å². The molecule has 0 aliphatic rings. The molecule has 0 saturated carbocycles. The third kappa shape index (κ3) is 3.40. The van der Waals surface area contributed by atoms with E-state index in [1.54, 1.807) is 0 Å². The summed E-state index contributed by atoms with van der Waals surface area (Å²) in [6.45, 7) is 3.05. The zero-order chi connectivity index (χ0) is 10.4. The lowest BCUT2D eigenvalue weighted by Crippen LogP contribution is -1.98. The molecule has 0 spiro atoms. The lowest BCUT2D eigenvalue weighted by molar-refractivity contribution is 0.360. The number of ether oxygens (including phenoxy) is 1. The summed E-state index contributed by atoms with van der Waals surface area (Å²) in [5.41, 5.74) is 6.38. The molecule has 76 valence electrons. The second-order valence-electron chi connectivity index (χ2n) is 2.93. The Morgan fingerprint density at radius 1 is 1.43 bits per heavy atom. The van der Waals surface area contributed by atoms with Gasteiger partial charge in [-0.2, -0.15) is 0 Å². The van der Waals surface area contributed by atoms with Gasteiger partial charge >= 0.3 is 0 Å². The summed E-state index contributed by atoms with van der Waals surface area (Å²) in [5.74, 6) is 0.819. The van der Waals surface area contributed by atoms with Gasteiger partial charge in [0, 0.05) is 11.6 Å². The highest BCUT2D eigenvalue weighted by molar-refractivity contribution is 6.30. The van der Waals surface area contributed by atoms with Crippen LogP contribution in [-0.2, 0) is 0 Å². The van der Waals surface area contributed by atoms with Crippen LogP contribution in [0.15, 0.2) is 30.4 Å². The Balaban J connectivity index is 2.57. The molecule has 0 fully saturated rings. The minimum atomic E-state index is 0.526. The van der Waals surface area contributed by atoms with Gasteiger partial charge in [-0.1, -0.05) is 29.8 Å². The van der Waals surface area contributed by atoms with Crippen LogP contribution >= 0.6 is 11.6 Å². The van der Waals surface area contributed by atoms with E-state index < -0.39 is 0 Å². The molecule has 1 rings (SSSR count). The maximum absolute atomic E-state index is 5.84. The van der Waals surface area contributed by atoms with Crippen LogP contribution in [0.2, 0.25) is 5.02 Å². The van der Waals surface area contributed by atoms with Crippen molar-refractivity contribution < 1.29 is 4.74 Å². The van der Waals surface area contributed by atoms with Crippen LogP contribution in [0.4, 0.5) is 0 Å². The summed E-state index contributed by atoms with van der Waals surface area (Å²) in [5, 5.41) is 0.688. The highest BCUT2D eigenvalue weighted by Crippen LogP contribution is 2.22. The molecule has 0 unspecified atom stereocenters. The van der Waals surface area contributed by atoms with Gasteiger partial charge in [-0.15, -0.1) is 0 Å². The Kier molecular flexibility index (Phi) is 4.50. The van der Waals surface area contributed by atoms with Crippen LogP contribution in [0, 0.1) is 6.92 Å². The third-order valence-corrected chi connectivity index (χ3v) is 2.02. The molecule has 1 aromatic carbocycles. The minimum Gasteiger partial charge on any atom is -0.489 e. The summed E-state index contributed by atoms with van der Waals surface area (Å²) < 4.78 is 5.49. The van der Waals surface area contributed by atoms with E-state index in [1.165, 1.54) is 0 Å². The third-order valence-electron chi connectivity index (χ3n) is 1.79. The average molecular weight is 212 g/mol. The van der Waals surface area contributed by atoms with Crippen molar-refractivity contribution in [3.63, 3.8) is 0 Å². The van der Waals surface area contributed by atoms with Gasteiger partial charge in [-0.05, 0) is 24.6 Å². The summed E-state index contributed by atoms with van der Waals surface area (Å²) in [4.78, 5) is 0. The van der Waals surface area contributed by atoms with Gasteiger partial charge in [-0.3, -0.25) is 0 Å². The zero-order valence-corrected chi connectivity index (χ0v) is 8.92. The van der Waals surface area contributed by atoms with Crippen molar-refractivity contribution in [2.24, 2.45) is 5.73 Å². The van der Waals surface area contributed by atoms with E-state index in [4.69, 9.17) is 22.1 Å². The number of hydrogen-bond donors (Lipinski definition) is 1. The van der Waals surface area contributed by atoms with Crippen LogP contribution in [0.5, 0.6) is 5.75 Å². The van der Waals surface area contributed by atoms with Crippen LogP contribution in [0.25, 0.3) is 0 Å². The molecule has 0 atom stereocenters. The van der Waals surface area contributed by atoms with Crippen molar-refractivity contribution in [1.82, 2.24) is 0 Å². The zero-order valence-electron chi connectivity index (χ0n) is 8.16. The van der Waals surface area contributed by atoms with Crippen molar-refractivity contribution in [1.29, 1.82) is 0 Å². The van der Waals surface area contributed by atoms with E-state index in [0.29, 0.717) is 18.2 Å². The highest BCUT2D eigenvalue weighted by atomic mass is 35.5. The number of benzene rings is 1. The van der Waals surface area contributed by atoms with E-state index in [-0.39, 0.29) is 0 Å². The number of hydrogen-bond acceptors (Lipinski definition) is 2. The van der Waals surface area contributed by atoms with Gasteiger partial charge in [0.25, 0.3) is 0 Å². The SMILES string of the molecule is Cc1ccc(Cl)cc1OCC=CCN. The molecule has 1 aromatic rings. The maximum atomic E-state index is 5.84. The largest absolute Gasteiger partial charge is 0.489 e. The summed E-state index contributed by atoms with van der Waals surface area (Å²) in [6, 6.07) is 5.59. The lowest BCUT2D eigenvalue weighted by Gasteiger charge is -2.06. The molecule has 0 aromatic heterocycles. The average Bonchev–Trinajstić information content (AvgIpc) is 2.18. The monoisotopic (exact) mass is 211 g/mol. The molecule has 0 aliphatic carbocycles. The molecule has 0 aliphatic heterocycles. The molecular formula is C11H14ClNO. The summed E-state index contributed by atoms with van der Waals surface area (Å²) in [6.07, 6.45) is 3.75. The first kappa shape index (κ1) is 11.1. The van der Waals surface area contributed by atoms with Crippen molar-refractivity contribution in [2.75, 3.05) is 13.2 Å². The van der Waals surface area contributed by atoms with Gasteiger partial charge < -0.3 is 10.5 Å². The Morgan fingerprint density at radius 2 is 2.21 bits per heavy atom. The second-order valence-corrected chi connectivity index (χ2v) is 3.36. The molecule has 0 heterocycles. The van der Waals surface area contributed by atoms with Crippen molar-refractivity contribution in [3.8, 4) is 5.75 Å². The minimum absolute atomic E-state index is 0.526. The molecule has 0 saturated heterocycles. The molecule has 0 bridgehead atoms. The van der Waals surface area contributed by atoms with E-state index in [1.807, 2.05) is 37.3 Å². The predicted octanol–water partition coefficient (Wildman–Crippen LogP) is 2.54. The van der Waals surface area contributed by atoms with Crippen LogP contribution in [0.1, 0.15) is 5.56 Å². The topological polar surface area (TPSA) is 35.2 Å². The van der Waals surface area contributed by atoms with Crippen LogP contribution in [0.3, 0.4) is 0 Å². The van der Waals surface area contributed by atoms with Crippen molar-refractivity contribution in [3.05, 3.63) is 40.9 Å². The fraction of sp³-hybridized carbons (Fsp3) is 0.273. The number of aryl methyl sites for hydroxylation is 1. The number of halogens is 1. The van der Waals surface area contributed by atoms with E-state index in [2.05, 4.69) is 0 Å². The molecular weight excluding hydrogens is 198 g/mol. The molecule has 14 heavy (non-hydrogen) atoms. The Bertz CT molecular complexity index is 323. The van der Waals surface area contributed by atoms with Crippen molar-refractivity contribution in [2.45, 2.75) is 6.92 Å². The van der Waals surface area contributed by atoms with Gasteiger partial charge in [-0.25, -0.2) is 0 Å². The quantitative estimate of drug-likeness (QED) is 0.777.